The lowest BCUT2D eigenvalue weighted by Gasteiger charge is -2.30. The highest BCUT2D eigenvalue weighted by molar-refractivity contribution is 5.92. The summed E-state index contributed by atoms with van der Waals surface area (Å²) >= 11 is 0. The van der Waals surface area contributed by atoms with E-state index in [4.69, 9.17) is 9.47 Å². The first kappa shape index (κ1) is 14.4. The summed E-state index contributed by atoms with van der Waals surface area (Å²) < 4.78 is 15.0. The van der Waals surface area contributed by atoms with Crippen molar-refractivity contribution < 1.29 is 28.9 Å². The highest BCUT2D eigenvalue weighted by atomic mass is 16.5. The molecular weight excluding hydrogens is 264 g/mol. The first-order valence-corrected chi connectivity index (χ1v) is 6.39. The van der Waals surface area contributed by atoms with Crippen LogP contribution in [-0.4, -0.2) is 37.4 Å². The van der Waals surface area contributed by atoms with Crippen LogP contribution in [0.25, 0.3) is 0 Å². The number of hydrogen-bond acceptors (Lipinski definition) is 6. The first-order chi connectivity index (χ1) is 9.42. The van der Waals surface area contributed by atoms with E-state index in [1.807, 2.05) is 0 Å². The number of aliphatic hydroxyl groups is 1. The van der Waals surface area contributed by atoms with Crippen molar-refractivity contribution in [2.75, 3.05) is 14.2 Å². The number of rotatable bonds is 2. The molecule has 2 rings (SSSR count). The predicted molar refractivity (Wildman–Crippen MR) is 68.5 cm³/mol. The topological polar surface area (TPSA) is 82.1 Å². The van der Waals surface area contributed by atoms with Crippen LogP contribution in [-0.2, 0) is 23.8 Å². The zero-order chi connectivity index (χ0) is 15.0. The minimum Gasteiger partial charge on any atom is -0.508 e. The lowest BCUT2D eigenvalue weighted by Crippen LogP contribution is -2.34. The Morgan fingerprint density at radius 1 is 1.20 bits per heavy atom. The highest BCUT2D eigenvalue weighted by Gasteiger charge is 2.48. The molecule has 1 heterocycles. The summed E-state index contributed by atoms with van der Waals surface area (Å²) in [5.74, 6) is -1.28. The average Bonchev–Trinajstić information content (AvgIpc) is 2.74. The molecule has 0 spiro atoms. The fourth-order valence-corrected chi connectivity index (χ4v) is 2.96. The van der Waals surface area contributed by atoms with Gasteiger partial charge in [0, 0.05) is 5.92 Å². The molecule has 1 N–H and O–H groups in total. The highest BCUT2D eigenvalue weighted by Crippen LogP contribution is 2.45. The smallest absolute Gasteiger partial charge is 0.337 e. The van der Waals surface area contributed by atoms with E-state index < -0.39 is 18.0 Å². The maximum atomic E-state index is 11.8. The van der Waals surface area contributed by atoms with E-state index in [-0.39, 0.29) is 23.2 Å². The van der Waals surface area contributed by atoms with E-state index in [0.717, 1.165) is 0 Å². The minimum absolute atomic E-state index is 0.154. The molecular formula is C14H18O6. The lowest BCUT2D eigenvalue weighted by molar-refractivity contribution is -0.137. The number of carbonyl (C=O) groups is 2. The number of aliphatic hydroxyl groups excluding tert-OH is 1. The number of ether oxygens (including phenoxy) is 3. The maximum absolute atomic E-state index is 11.8. The van der Waals surface area contributed by atoms with Gasteiger partial charge >= 0.3 is 11.9 Å². The van der Waals surface area contributed by atoms with Crippen LogP contribution in [0.3, 0.4) is 0 Å². The van der Waals surface area contributed by atoms with Gasteiger partial charge in [-0.05, 0) is 19.3 Å². The SMILES string of the molecule is COC(=O)C1=C(O)C2OC(C)=C(C(=O)OC)C2CC1C. The van der Waals surface area contributed by atoms with Gasteiger partial charge in [-0.15, -0.1) is 0 Å². The Hall–Kier alpha value is -1.98. The Morgan fingerprint density at radius 2 is 1.75 bits per heavy atom. The third kappa shape index (κ3) is 2.05. The van der Waals surface area contributed by atoms with Crippen molar-refractivity contribution in [1.82, 2.24) is 0 Å². The molecule has 0 amide bonds. The second kappa shape index (κ2) is 5.19. The third-order valence-corrected chi connectivity index (χ3v) is 3.88. The Morgan fingerprint density at radius 3 is 2.30 bits per heavy atom. The average molecular weight is 282 g/mol. The molecule has 0 aromatic heterocycles. The standard InChI is InChI=1S/C14H18O6/c1-6-5-8-10(14(17)19-4)7(2)20-12(8)11(15)9(6)13(16)18-3/h6,8,12,15H,5H2,1-4H3. The van der Waals surface area contributed by atoms with Gasteiger partial charge in [-0.25, -0.2) is 9.59 Å². The first-order valence-electron chi connectivity index (χ1n) is 6.39. The molecule has 3 atom stereocenters. The minimum atomic E-state index is -0.714. The van der Waals surface area contributed by atoms with Gasteiger partial charge in [0.1, 0.15) is 11.5 Å². The van der Waals surface area contributed by atoms with Gasteiger partial charge in [0.25, 0.3) is 0 Å². The zero-order valence-electron chi connectivity index (χ0n) is 11.9. The fraction of sp³-hybridized carbons (Fsp3) is 0.571. The van der Waals surface area contributed by atoms with Crippen molar-refractivity contribution in [3.05, 3.63) is 22.7 Å². The van der Waals surface area contributed by atoms with Crippen molar-refractivity contribution in [1.29, 1.82) is 0 Å². The normalized spacial score (nSPS) is 28.9. The molecule has 0 saturated heterocycles. The monoisotopic (exact) mass is 282 g/mol. The van der Waals surface area contributed by atoms with E-state index >= 15 is 0 Å². The van der Waals surface area contributed by atoms with Gasteiger partial charge in [0.05, 0.1) is 25.4 Å². The van der Waals surface area contributed by atoms with E-state index in [1.165, 1.54) is 14.2 Å². The number of carbonyl (C=O) groups excluding carboxylic acids is 2. The predicted octanol–water partition coefficient (Wildman–Crippen LogP) is 1.47. The summed E-state index contributed by atoms with van der Waals surface area (Å²) in [4.78, 5) is 23.5. The van der Waals surface area contributed by atoms with Gasteiger partial charge in [-0.1, -0.05) is 6.92 Å². The molecule has 1 aliphatic heterocycles. The summed E-state index contributed by atoms with van der Waals surface area (Å²) in [5, 5.41) is 10.3. The third-order valence-electron chi connectivity index (χ3n) is 3.88. The van der Waals surface area contributed by atoms with E-state index in [2.05, 4.69) is 4.74 Å². The molecule has 6 heteroatoms. The molecule has 110 valence electrons. The van der Waals surface area contributed by atoms with Crippen molar-refractivity contribution >= 4 is 11.9 Å². The zero-order valence-corrected chi connectivity index (χ0v) is 11.9. The van der Waals surface area contributed by atoms with Gasteiger partial charge in [-0.2, -0.15) is 0 Å². The fourth-order valence-electron chi connectivity index (χ4n) is 2.96. The molecule has 0 aromatic carbocycles. The van der Waals surface area contributed by atoms with Crippen LogP contribution in [0, 0.1) is 11.8 Å². The van der Waals surface area contributed by atoms with Crippen LogP contribution in [0.2, 0.25) is 0 Å². The lowest BCUT2D eigenvalue weighted by atomic mass is 9.76. The largest absolute Gasteiger partial charge is 0.508 e. The molecule has 20 heavy (non-hydrogen) atoms. The van der Waals surface area contributed by atoms with Crippen LogP contribution in [0.4, 0.5) is 0 Å². The van der Waals surface area contributed by atoms with Crippen molar-refractivity contribution in [2.24, 2.45) is 11.8 Å². The van der Waals surface area contributed by atoms with E-state index in [1.54, 1.807) is 13.8 Å². The summed E-state index contributed by atoms with van der Waals surface area (Å²) in [6.45, 7) is 3.46. The molecule has 0 radical (unpaired) electrons. The Bertz CT molecular complexity index is 516. The Labute approximate surface area is 117 Å². The van der Waals surface area contributed by atoms with E-state index in [0.29, 0.717) is 17.8 Å². The second-order valence-electron chi connectivity index (χ2n) is 5.03. The van der Waals surface area contributed by atoms with Crippen molar-refractivity contribution in [2.45, 2.75) is 26.4 Å². The van der Waals surface area contributed by atoms with Crippen LogP contribution < -0.4 is 0 Å². The number of esters is 2. The Kier molecular flexibility index (Phi) is 3.74. The van der Waals surface area contributed by atoms with Crippen molar-refractivity contribution in [3.63, 3.8) is 0 Å². The van der Waals surface area contributed by atoms with E-state index in [9.17, 15) is 14.7 Å². The van der Waals surface area contributed by atoms with Gasteiger partial charge in [-0.3, -0.25) is 0 Å². The number of fused-ring (bicyclic) bond motifs is 1. The number of hydrogen-bond donors (Lipinski definition) is 1. The summed E-state index contributed by atoms with van der Waals surface area (Å²) in [6.07, 6.45) is -0.199. The van der Waals surface area contributed by atoms with Crippen molar-refractivity contribution in [3.8, 4) is 0 Å². The van der Waals surface area contributed by atoms with Crippen LogP contribution >= 0.6 is 0 Å². The molecule has 0 saturated carbocycles. The summed E-state index contributed by atoms with van der Waals surface area (Å²) in [6, 6.07) is 0. The Balaban J connectivity index is 2.40. The number of methoxy groups -OCH3 is 2. The second-order valence-corrected chi connectivity index (χ2v) is 5.03. The molecule has 6 nitrogen and oxygen atoms in total. The molecule has 2 aliphatic rings. The van der Waals surface area contributed by atoms with Crippen LogP contribution in [0.15, 0.2) is 22.7 Å². The molecule has 0 bridgehead atoms. The summed E-state index contributed by atoms with van der Waals surface area (Å²) in [7, 11) is 2.57. The number of allylic oxidation sites excluding steroid dienone is 1. The van der Waals surface area contributed by atoms with Gasteiger partial charge < -0.3 is 19.3 Å². The molecule has 0 aromatic rings. The quantitative estimate of drug-likeness (QED) is 0.772. The van der Waals surface area contributed by atoms with Gasteiger partial charge in [0.2, 0.25) is 0 Å². The molecule has 1 aliphatic carbocycles. The molecule has 3 unspecified atom stereocenters. The van der Waals surface area contributed by atoms with Crippen LogP contribution in [0.1, 0.15) is 20.3 Å². The molecule has 0 fully saturated rings. The maximum Gasteiger partial charge on any atom is 0.337 e. The van der Waals surface area contributed by atoms with Crippen LogP contribution in [0.5, 0.6) is 0 Å². The summed E-state index contributed by atoms with van der Waals surface area (Å²) in [5.41, 5.74) is 0.646. The van der Waals surface area contributed by atoms with Gasteiger partial charge in [0.15, 0.2) is 6.10 Å².